The topological polar surface area (TPSA) is 49.3 Å². The van der Waals surface area contributed by atoms with Crippen LogP contribution in [0.25, 0.3) is 0 Å². The minimum atomic E-state index is -0.845. The van der Waals surface area contributed by atoms with Gasteiger partial charge in [-0.3, -0.25) is 0 Å². The summed E-state index contributed by atoms with van der Waals surface area (Å²) in [6.45, 7) is 6.27. The van der Waals surface area contributed by atoms with E-state index in [1.165, 1.54) is 0 Å². The minimum absolute atomic E-state index is 0.411. The van der Waals surface area contributed by atoms with Crippen molar-refractivity contribution in [2.24, 2.45) is 0 Å². The number of hydrogen-bond donors (Lipinski definition) is 2. The van der Waals surface area contributed by atoms with Crippen LogP contribution in [0, 0.1) is 0 Å². The molecule has 0 atom stereocenters. The molecule has 0 aromatic carbocycles. The third kappa shape index (κ3) is 3.07. The van der Waals surface area contributed by atoms with Gasteiger partial charge in [0.05, 0.1) is 5.57 Å². The Morgan fingerprint density at radius 1 is 1.45 bits per heavy atom. The first-order valence-corrected chi connectivity index (χ1v) is 3.80. The molecule has 0 aromatic heterocycles. The van der Waals surface area contributed by atoms with Crippen LogP contribution in [0.5, 0.6) is 0 Å². The number of carbonyl (C=O) groups is 1. The van der Waals surface area contributed by atoms with Crippen LogP contribution in [-0.4, -0.2) is 17.6 Å². The number of hydrogen-bond acceptors (Lipinski definition) is 2. The van der Waals surface area contributed by atoms with E-state index in [0.29, 0.717) is 5.57 Å². The molecule has 0 rings (SSSR count). The standard InChI is InChI=1S/C8H15NO2/c1-4-7(9-5-2)6(3)8(10)11/h9H,4-5H2,1-3H3,(H,10,11). The number of aliphatic carboxylic acids is 1. The maximum atomic E-state index is 10.5. The molecular formula is C8H15NO2. The smallest absolute Gasteiger partial charge is 0.333 e. The second kappa shape index (κ2) is 4.77. The predicted molar refractivity (Wildman–Crippen MR) is 44.3 cm³/mol. The van der Waals surface area contributed by atoms with Gasteiger partial charge in [0.15, 0.2) is 0 Å². The quantitative estimate of drug-likeness (QED) is 0.606. The number of carboxylic acids is 1. The van der Waals surface area contributed by atoms with E-state index < -0.39 is 5.97 Å². The first kappa shape index (κ1) is 10.0. The Morgan fingerprint density at radius 2 is 2.00 bits per heavy atom. The van der Waals surface area contributed by atoms with Crippen LogP contribution in [0.1, 0.15) is 27.2 Å². The van der Waals surface area contributed by atoms with E-state index in [-0.39, 0.29) is 0 Å². The van der Waals surface area contributed by atoms with Crippen molar-refractivity contribution >= 4 is 5.97 Å². The molecule has 0 unspecified atom stereocenters. The molecule has 11 heavy (non-hydrogen) atoms. The summed E-state index contributed by atoms with van der Waals surface area (Å²) >= 11 is 0. The summed E-state index contributed by atoms with van der Waals surface area (Å²) in [5.74, 6) is -0.845. The number of rotatable bonds is 4. The van der Waals surface area contributed by atoms with E-state index in [1.807, 2.05) is 13.8 Å². The lowest BCUT2D eigenvalue weighted by Crippen LogP contribution is -2.16. The monoisotopic (exact) mass is 157 g/mol. The van der Waals surface area contributed by atoms with Crippen LogP contribution >= 0.6 is 0 Å². The molecule has 0 heterocycles. The molecule has 0 spiro atoms. The Kier molecular flexibility index (Phi) is 4.34. The summed E-state index contributed by atoms with van der Waals surface area (Å²) in [4.78, 5) is 10.5. The molecule has 0 fully saturated rings. The molecule has 0 aromatic rings. The second-order valence-electron chi connectivity index (χ2n) is 2.29. The lowest BCUT2D eigenvalue weighted by molar-refractivity contribution is -0.132. The average molecular weight is 157 g/mol. The van der Waals surface area contributed by atoms with E-state index in [2.05, 4.69) is 5.32 Å². The first-order valence-electron chi connectivity index (χ1n) is 3.80. The van der Waals surface area contributed by atoms with Crippen LogP contribution < -0.4 is 5.32 Å². The Bertz CT molecular complexity index is 173. The van der Waals surface area contributed by atoms with Crippen molar-refractivity contribution in [3.63, 3.8) is 0 Å². The van der Waals surface area contributed by atoms with Gasteiger partial charge in [0.2, 0.25) is 0 Å². The van der Waals surface area contributed by atoms with Crippen molar-refractivity contribution in [2.75, 3.05) is 6.54 Å². The summed E-state index contributed by atoms with van der Waals surface area (Å²) in [5.41, 5.74) is 1.23. The van der Waals surface area contributed by atoms with Gasteiger partial charge in [-0.1, -0.05) is 6.92 Å². The molecule has 0 saturated carbocycles. The highest BCUT2D eigenvalue weighted by molar-refractivity contribution is 5.86. The maximum Gasteiger partial charge on any atom is 0.333 e. The molecule has 64 valence electrons. The number of allylic oxidation sites excluding steroid dienone is 1. The van der Waals surface area contributed by atoms with E-state index in [0.717, 1.165) is 18.7 Å². The largest absolute Gasteiger partial charge is 0.478 e. The van der Waals surface area contributed by atoms with Gasteiger partial charge in [-0.05, 0) is 20.3 Å². The van der Waals surface area contributed by atoms with Crippen molar-refractivity contribution in [2.45, 2.75) is 27.2 Å². The molecule has 3 heteroatoms. The van der Waals surface area contributed by atoms with Gasteiger partial charge < -0.3 is 10.4 Å². The van der Waals surface area contributed by atoms with E-state index in [1.54, 1.807) is 6.92 Å². The third-order valence-electron chi connectivity index (χ3n) is 1.52. The zero-order valence-corrected chi connectivity index (χ0v) is 7.27. The van der Waals surface area contributed by atoms with Crippen LogP contribution in [0.15, 0.2) is 11.3 Å². The molecule has 2 N–H and O–H groups in total. The van der Waals surface area contributed by atoms with Gasteiger partial charge in [-0.25, -0.2) is 4.79 Å². The zero-order chi connectivity index (χ0) is 8.85. The van der Waals surface area contributed by atoms with Crippen molar-refractivity contribution < 1.29 is 9.90 Å². The second-order valence-corrected chi connectivity index (χ2v) is 2.29. The first-order chi connectivity index (χ1) is 5.13. The van der Waals surface area contributed by atoms with Crippen molar-refractivity contribution in [1.82, 2.24) is 5.32 Å². The van der Waals surface area contributed by atoms with E-state index >= 15 is 0 Å². The van der Waals surface area contributed by atoms with Crippen LogP contribution in [0.3, 0.4) is 0 Å². The predicted octanol–water partition coefficient (Wildman–Crippen LogP) is 1.36. The van der Waals surface area contributed by atoms with Gasteiger partial charge in [0, 0.05) is 12.2 Å². The summed E-state index contributed by atoms with van der Waals surface area (Å²) in [6, 6.07) is 0. The normalized spacial score (nSPS) is 12.3. The zero-order valence-electron chi connectivity index (χ0n) is 7.27. The summed E-state index contributed by atoms with van der Waals surface area (Å²) in [5, 5.41) is 11.6. The van der Waals surface area contributed by atoms with Crippen LogP contribution in [0.2, 0.25) is 0 Å². The fraction of sp³-hybridized carbons (Fsp3) is 0.625. The third-order valence-corrected chi connectivity index (χ3v) is 1.52. The highest BCUT2D eigenvalue weighted by Crippen LogP contribution is 2.04. The fourth-order valence-corrected chi connectivity index (χ4v) is 0.865. The number of nitrogens with one attached hydrogen (secondary N) is 1. The van der Waals surface area contributed by atoms with Gasteiger partial charge in [-0.15, -0.1) is 0 Å². The average Bonchev–Trinajstić information content (AvgIpc) is 1.98. The Morgan fingerprint density at radius 3 is 2.27 bits per heavy atom. The van der Waals surface area contributed by atoms with Crippen LogP contribution in [0.4, 0.5) is 0 Å². The van der Waals surface area contributed by atoms with Gasteiger partial charge in [-0.2, -0.15) is 0 Å². The molecule has 0 aliphatic carbocycles. The molecule has 0 saturated heterocycles. The van der Waals surface area contributed by atoms with Gasteiger partial charge >= 0.3 is 5.97 Å². The molecular weight excluding hydrogens is 142 g/mol. The Balaban J connectivity index is 4.39. The summed E-state index contributed by atoms with van der Waals surface area (Å²) in [6.07, 6.45) is 0.742. The van der Waals surface area contributed by atoms with Crippen LogP contribution in [-0.2, 0) is 4.79 Å². The van der Waals surface area contributed by atoms with Gasteiger partial charge in [0.1, 0.15) is 0 Å². The summed E-state index contributed by atoms with van der Waals surface area (Å²) < 4.78 is 0. The number of carboxylic acid groups (broad SMARTS) is 1. The van der Waals surface area contributed by atoms with E-state index in [9.17, 15) is 4.79 Å². The fourth-order valence-electron chi connectivity index (χ4n) is 0.865. The maximum absolute atomic E-state index is 10.5. The minimum Gasteiger partial charge on any atom is -0.478 e. The molecule has 0 aliphatic rings. The molecule has 0 bridgehead atoms. The molecule has 0 radical (unpaired) electrons. The summed E-state index contributed by atoms with van der Waals surface area (Å²) in [7, 11) is 0. The van der Waals surface area contributed by atoms with Crippen molar-refractivity contribution in [1.29, 1.82) is 0 Å². The molecule has 0 amide bonds. The van der Waals surface area contributed by atoms with E-state index in [4.69, 9.17) is 5.11 Å². The Labute approximate surface area is 67.1 Å². The SMILES string of the molecule is CCNC(CC)=C(C)C(=O)O. The van der Waals surface area contributed by atoms with Gasteiger partial charge in [0.25, 0.3) is 0 Å². The Hall–Kier alpha value is -0.990. The molecule has 3 nitrogen and oxygen atoms in total. The lowest BCUT2D eigenvalue weighted by Gasteiger charge is -2.07. The highest BCUT2D eigenvalue weighted by Gasteiger charge is 2.05. The van der Waals surface area contributed by atoms with Crippen molar-refractivity contribution in [3.05, 3.63) is 11.3 Å². The molecule has 0 aliphatic heterocycles. The van der Waals surface area contributed by atoms with Crippen molar-refractivity contribution in [3.8, 4) is 0 Å². The lowest BCUT2D eigenvalue weighted by atomic mass is 10.2. The highest BCUT2D eigenvalue weighted by atomic mass is 16.4.